The predicted octanol–water partition coefficient (Wildman–Crippen LogP) is 3.85. The predicted molar refractivity (Wildman–Crippen MR) is 105 cm³/mol. The zero-order valence-corrected chi connectivity index (χ0v) is 13.6. The lowest BCUT2D eigenvalue weighted by molar-refractivity contribution is 0.426. The molecule has 0 saturated heterocycles. The van der Waals surface area contributed by atoms with Crippen molar-refractivity contribution in [2.45, 2.75) is 0 Å². The molecule has 0 heterocycles. The van der Waals surface area contributed by atoms with Gasteiger partial charge < -0.3 is 10.0 Å². The summed E-state index contributed by atoms with van der Waals surface area (Å²) < 4.78 is 0. The van der Waals surface area contributed by atoms with Crippen molar-refractivity contribution in [1.29, 1.82) is 0 Å². The first-order chi connectivity index (χ1) is 12.2. The van der Waals surface area contributed by atoms with E-state index in [-0.39, 0.29) is 0 Å². The Kier molecular flexibility index (Phi) is 4.10. The average Bonchev–Trinajstić information content (AvgIpc) is 2.68. The normalized spacial score (nSPS) is 10.8. The molecule has 3 heteroatoms. The van der Waals surface area contributed by atoms with Crippen LogP contribution in [0.3, 0.4) is 0 Å². The lowest BCUT2D eigenvalue weighted by Gasteiger charge is -2.13. The lowest BCUT2D eigenvalue weighted by atomic mass is 9.79. The zero-order valence-electron chi connectivity index (χ0n) is 13.6. The number of hydrogen-bond donors (Lipinski definition) is 2. The lowest BCUT2D eigenvalue weighted by Crippen LogP contribution is -2.29. The van der Waals surface area contributed by atoms with Gasteiger partial charge in [0.1, 0.15) is 0 Å². The maximum absolute atomic E-state index is 9.46. The van der Waals surface area contributed by atoms with Crippen LogP contribution in [0, 0.1) is 0 Å². The molecule has 25 heavy (non-hydrogen) atoms. The van der Waals surface area contributed by atoms with Crippen LogP contribution in [0.2, 0.25) is 0 Å². The Labute approximate surface area is 147 Å². The summed E-state index contributed by atoms with van der Waals surface area (Å²) in [4.78, 5) is 0. The van der Waals surface area contributed by atoms with Crippen molar-refractivity contribution in [3.05, 3.63) is 91.0 Å². The van der Waals surface area contributed by atoms with Gasteiger partial charge in [-0.15, -0.1) is 0 Å². The van der Waals surface area contributed by atoms with E-state index >= 15 is 0 Å². The minimum Gasteiger partial charge on any atom is -0.423 e. The summed E-state index contributed by atoms with van der Waals surface area (Å²) in [5, 5.41) is 21.2. The fourth-order valence-corrected chi connectivity index (χ4v) is 3.29. The molecular weight excluding hydrogens is 307 g/mol. The highest BCUT2D eigenvalue weighted by molar-refractivity contribution is 6.58. The summed E-state index contributed by atoms with van der Waals surface area (Å²) in [5.74, 6) is 0. The number of benzene rings is 4. The number of hydrogen-bond acceptors (Lipinski definition) is 2. The van der Waals surface area contributed by atoms with Gasteiger partial charge in [-0.2, -0.15) is 0 Å². The third-order valence-corrected chi connectivity index (χ3v) is 4.50. The summed E-state index contributed by atoms with van der Waals surface area (Å²) in [6, 6.07) is 30.3. The van der Waals surface area contributed by atoms with Gasteiger partial charge in [-0.25, -0.2) is 0 Å². The SMILES string of the molecule is OB(O)c1cccc(-c2ccc(-c3ccccc3)c3ccccc23)c1. The molecule has 4 aromatic carbocycles. The van der Waals surface area contributed by atoms with Gasteiger partial charge in [0, 0.05) is 0 Å². The van der Waals surface area contributed by atoms with E-state index in [0.717, 1.165) is 16.5 Å². The Bertz CT molecular complexity index is 1030. The first-order valence-corrected chi connectivity index (χ1v) is 8.28. The van der Waals surface area contributed by atoms with Gasteiger partial charge in [0.25, 0.3) is 0 Å². The molecule has 0 aromatic heterocycles. The second kappa shape index (κ2) is 6.56. The Morgan fingerprint density at radius 3 is 1.72 bits per heavy atom. The van der Waals surface area contributed by atoms with Gasteiger partial charge in [-0.1, -0.05) is 91.0 Å². The molecule has 0 amide bonds. The Morgan fingerprint density at radius 1 is 0.520 bits per heavy atom. The van der Waals surface area contributed by atoms with Crippen LogP contribution in [-0.4, -0.2) is 17.2 Å². The van der Waals surface area contributed by atoms with Crippen molar-refractivity contribution < 1.29 is 10.0 Å². The molecule has 0 fully saturated rings. The molecule has 2 nitrogen and oxygen atoms in total. The van der Waals surface area contributed by atoms with Crippen molar-refractivity contribution in [2.75, 3.05) is 0 Å². The van der Waals surface area contributed by atoms with Crippen molar-refractivity contribution in [2.24, 2.45) is 0 Å². The van der Waals surface area contributed by atoms with Crippen LogP contribution in [-0.2, 0) is 0 Å². The highest BCUT2D eigenvalue weighted by Crippen LogP contribution is 2.35. The van der Waals surface area contributed by atoms with Crippen molar-refractivity contribution in [3.8, 4) is 22.3 Å². The smallest absolute Gasteiger partial charge is 0.423 e. The molecule has 0 atom stereocenters. The minimum atomic E-state index is -1.46. The van der Waals surface area contributed by atoms with E-state index in [4.69, 9.17) is 0 Å². The standard InChI is InChI=1S/C22H17BO2/c24-23(25)18-10-6-9-17(15-18)20-14-13-19(16-7-2-1-3-8-16)21-11-4-5-12-22(20)21/h1-15,24-25H. The highest BCUT2D eigenvalue weighted by Gasteiger charge is 2.13. The fourth-order valence-electron chi connectivity index (χ4n) is 3.29. The van der Waals surface area contributed by atoms with Crippen LogP contribution < -0.4 is 5.46 Å². The molecule has 120 valence electrons. The highest BCUT2D eigenvalue weighted by atomic mass is 16.4. The van der Waals surface area contributed by atoms with Crippen LogP contribution in [0.5, 0.6) is 0 Å². The summed E-state index contributed by atoms with van der Waals surface area (Å²) in [5.41, 5.74) is 4.93. The van der Waals surface area contributed by atoms with Gasteiger partial charge in [0.2, 0.25) is 0 Å². The molecule has 4 aromatic rings. The zero-order chi connectivity index (χ0) is 17.2. The molecule has 0 radical (unpaired) electrons. The summed E-state index contributed by atoms with van der Waals surface area (Å²) in [6.07, 6.45) is 0. The number of rotatable bonds is 3. The molecule has 0 aliphatic heterocycles. The molecule has 0 unspecified atom stereocenters. The van der Waals surface area contributed by atoms with Crippen molar-refractivity contribution in [3.63, 3.8) is 0 Å². The maximum atomic E-state index is 9.46. The van der Waals surface area contributed by atoms with Crippen LogP contribution in [0.4, 0.5) is 0 Å². The Morgan fingerprint density at radius 2 is 1.08 bits per heavy atom. The second-order valence-electron chi connectivity index (χ2n) is 6.07. The quantitative estimate of drug-likeness (QED) is 0.562. The fraction of sp³-hybridized carbons (Fsp3) is 0. The summed E-state index contributed by atoms with van der Waals surface area (Å²) >= 11 is 0. The summed E-state index contributed by atoms with van der Waals surface area (Å²) in [6.45, 7) is 0. The van der Waals surface area contributed by atoms with Crippen LogP contribution in [0.1, 0.15) is 0 Å². The van der Waals surface area contributed by atoms with Crippen LogP contribution in [0.15, 0.2) is 91.0 Å². The third-order valence-electron chi connectivity index (χ3n) is 4.50. The first kappa shape index (κ1) is 15.6. The molecule has 4 rings (SSSR count). The van der Waals surface area contributed by atoms with Crippen molar-refractivity contribution >= 4 is 23.4 Å². The van der Waals surface area contributed by atoms with Crippen molar-refractivity contribution in [1.82, 2.24) is 0 Å². The topological polar surface area (TPSA) is 40.5 Å². The van der Waals surface area contributed by atoms with Gasteiger partial charge in [0.15, 0.2) is 0 Å². The van der Waals surface area contributed by atoms with Gasteiger partial charge in [0.05, 0.1) is 0 Å². The molecule has 0 saturated carbocycles. The molecular formula is C22H17BO2. The van der Waals surface area contributed by atoms with E-state index < -0.39 is 7.12 Å². The second-order valence-corrected chi connectivity index (χ2v) is 6.07. The van der Waals surface area contributed by atoms with E-state index in [1.54, 1.807) is 6.07 Å². The first-order valence-electron chi connectivity index (χ1n) is 8.28. The van der Waals surface area contributed by atoms with E-state index in [9.17, 15) is 10.0 Å². The van der Waals surface area contributed by atoms with E-state index in [1.165, 1.54) is 16.5 Å². The van der Waals surface area contributed by atoms with Gasteiger partial charge in [-0.05, 0) is 38.5 Å². The average molecular weight is 324 g/mol. The van der Waals surface area contributed by atoms with E-state index in [2.05, 4.69) is 36.4 Å². The summed E-state index contributed by atoms with van der Waals surface area (Å²) in [7, 11) is -1.46. The molecule has 0 bridgehead atoms. The number of fused-ring (bicyclic) bond motifs is 1. The molecule has 0 spiro atoms. The molecule has 2 N–H and O–H groups in total. The van der Waals surface area contributed by atoms with Crippen LogP contribution >= 0.6 is 0 Å². The Hall–Kier alpha value is -2.88. The van der Waals surface area contributed by atoms with Gasteiger partial charge in [-0.3, -0.25) is 0 Å². The maximum Gasteiger partial charge on any atom is 0.488 e. The third kappa shape index (κ3) is 2.96. The van der Waals surface area contributed by atoms with E-state index in [1.807, 2.05) is 48.5 Å². The monoisotopic (exact) mass is 324 g/mol. The Balaban J connectivity index is 1.94. The minimum absolute atomic E-state index is 0.494. The van der Waals surface area contributed by atoms with Crippen LogP contribution in [0.25, 0.3) is 33.0 Å². The largest absolute Gasteiger partial charge is 0.488 e. The molecule has 0 aliphatic rings. The molecule has 0 aliphatic carbocycles. The van der Waals surface area contributed by atoms with E-state index in [0.29, 0.717) is 5.46 Å². The van der Waals surface area contributed by atoms with Gasteiger partial charge >= 0.3 is 7.12 Å².